The lowest BCUT2D eigenvalue weighted by atomic mass is 9.96. The summed E-state index contributed by atoms with van der Waals surface area (Å²) in [6, 6.07) is 8.10. The van der Waals surface area contributed by atoms with Crippen molar-refractivity contribution in [2.75, 3.05) is 6.54 Å². The number of imide groups is 1. The Balaban J connectivity index is 0.000000277. The highest BCUT2D eigenvalue weighted by Gasteiger charge is 2.29. The Labute approximate surface area is 159 Å². The summed E-state index contributed by atoms with van der Waals surface area (Å²) in [7, 11) is 0. The molecule has 1 aliphatic heterocycles. The number of benzene rings is 1. The second-order valence-corrected chi connectivity index (χ2v) is 6.24. The van der Waals surface area contributed by atoms with Crippen molar-refractivity contribution >= 4 is 23.8 Å². The number of hydrogen-bond donors (Lipinski definition) is 3. The summed E-state index contributed by atoms with van der Waals surface area (Å²) >= 11 is 0. The molecule has 0 bridgehead atoms. The Kier molecular flexibility index (Phi) is 8.98. The monoisotopic (exact) mass is 376 g/mol. The molecule has 2 atom stereocenters. The van der Waals surface area contributed by atoms with Gasteiger partial charge in [0.25, 0.3) is 0 Å². The zero-order valence-electron chi connectivity index (χ0n) is 15.8. The van der Waals surface area contributed by atoms with Crippen molar-refractivity contribution in [2.24, 2.45) is 11.5 Å². The van der Waals surface area contributed by atoms with Gasteiger partial charge in [-0.05, 0) is 24.8 Å². The predicted octanol–water partition coefficient (Wildman–Crippen LogP) is 1.25. The molecule has 0 saturated carbocycles. The fourth-order valence-electron chi connectivity index (χ4n) is 3.04. The summed E-state index contributed by atoms with van der Waals surface area (Å²) in [6.07, 6.45) is 2.65. The number of hydrogen-bond acceptors (Lipinski definition) is 4. The van der Waals surface area contributed by atoms with Gasteiger partial charge in [-0.1, -0.05) is 44.2 Å². The molecule has 0 aromatic heterocycles. The zero-order chi connectivity index (χ0) is 20.4. The molecule has 1 saturated heterocycles. The van der Waals surface area contributed by atoms with Gasteiger partial charge in [0.2, 0.25) is 17.7 Å². The van der Waals surface area contributed by atoms with Crippen molar-refractivity contribution in [3.63, 3.8) is 0 Å². The smallest absolute Gasteiger partial charge is 0.318 e. The van der Waals surface area contributed by atoms with Gasteiger partial charge in [-0.25, -0.2) is 4.79 Å². The minimum atomic E-state index is -0.811. The van der Waals surface area contributed by atoms with Gasteiger partial charge in [0.1, 0.15) is 6.04 Å². The maximum atomic E-state index is 11.6. The number of amides is 5. The third kappa shape index (κ3) is 6.73. The van der Waals surface area contributed by atoms with Crippen LogP contribution in [0.1, 0.15) is 51.0 Å². The molecule has 148 valence electrons. The van der Waals surface area contributed by atoms with E-state index in [1.807, 2.05) is 44.2 Å². The average molecular weight is 376 g/mol. The van der Waals surface area contributed by atoms with Gasteiger partial charge in [0.15, 0.2) is 0 Å². The Morgan fingerprint density at radius 3 is 2.15 bits per heavy atom. The minimum Gasteiger partial charge on any atom is -0.368 e. The van der Waals surface area contributed by atoms with Gasteiger partial charge < -0.3 is 16.4 Å². The van der Waals surface area contributed by atoms with Gasteiger partial charge in [0.05, 0.1) is 5.92 Å². The lowest BCUT2D eigenvalue weighted by Crippen LogP contribution is -2.44. The highest BCUT2D eigenvalue weighted by atomic mass is 16.2. The summed E-state index contributed by atoms with van der Waals surface area (Å²) in [5, 5.41) is 2.09. The van der Waals surface area contributed by atoms with Gasteiger partial charge in [-0.3, -0.25) is 19.7 Å². The first-order valence-electron chi connectivity index (χ1n) is 9.05. The molecule has 0 spiro atoms. The number of rotatable bonds is 6. The van der Waals surface area contributed by atoms with Gasteiger partial charge in [-0.2, -0.15) is 0 Å². The van der Waals surface area contributed by atoms with Crippen molar-refractivity contribution in [1.29, 1.82) is 0 Å². The molecule has 1 unspecified atom stereocenters. The highest BCUT2D eigenvalue weighted by molar-refractivity contribution is 5.97. The molecule has 1 heterocycles. The first-order valence-corrected chi connectivity index (χ1v) is 9.05. The molecule has 5 amide bonds. The molecule has 8 nitrogen and oxygen atoms in total. The molecule has 0 aliphatic carbocycles. The number of primary amides is 2. The van der Waals surface area contributed by atoms with Crippen LogP contribution in [0.25, 0.3) is 0 Å². The molecule has 5 N–H and O–H groups in total. The van der Waals surface area contributed by atoms with Crippen LogP contribution in [0, 0.1) is 0 Å². The quantitative estimate of drug-likeness (QED) is 0.688. The summed E-state index contributed by atoms with van der Waals surface area (Å²) in [4.78, 5) is 45.8. The highest BCUT2D eigenvalue weighted by Crippen LogP contribution is 2.19. The van der Waals surface area contributed by atoms with Gasteiger partial charge in [0, 0.05) is 13.0 Å². The SMILES string of the molecule is CCC(C(=O)NC(N)=O)c1ccccc1.CC[C@@H](C(N)=O)N1CCCC1=O. The Bertz CT molecular complexity index is 663. The van der Waals surface area contributed by atoms with Crippen molar-refractivity contribution in [3.05, 3.63) is 35.9 Å². The van der Waals surface area contributed by atoms with Crippen LogP contribution in [-0.2, 0) is 14.4 Å². The first kappa shape index (κ1) is 22.1. The molecule has 1 aromatic rings. The maximum Gasteiger partial charge on any atom is 0.318 e. The molecule has 1 aromatic carbocycles. The molecule has 8 heteroatoms. The number of carbonyl (C=O) groups is 4. The third-order valence-corrected chi connectivity index (χ3v) is 4.37. The summed E-state index contributed by atoms with van der Waals surface area (Å²) in [5.41, 5.74) is 10.9. The van der Waals surface area contributed by atoms with Crippen molar-refractivity contribution in [2.45, 2.75) is 51.5 Å². The molecule has 1 aliphatic rings. The van der Waals surface area contributed by atoms with Gasteiger partial charge in [-0.15, -0.1) is 0 Å². The van der Waals surface area contributed by atoms with Crippen molar-refractivity contribution in [1.82, 2.24) is 10.2 Å². The molecule has 2 rings (SSSR count). The number of nitrogens with one attached hydrogen (secondary N) is 1. The van der Waals surface area contributed by atoms with Crippen LogP contribution in [0.2, 0.25) is 0 Å². The Morgan fingerprint density at radius 2 is 1.74 bits per heavy atom. The van der Waals surface area contributed by atoms with E-state index < -0.39 is 11.9 Å². The third-order valence-electron chi connectivity index (χ3n) is 4.37. The van der Waals surface area contributed by atoms with Crippen LogP contribution in [0.15, 0.2) is 30.3 Å². The van der Waals surface area contributed by atoms with E-state index in [1.54, 1.807) is 4.90 Å². The van der Waals surface area contributed by atoms with Crippen molar-refractivity contribution in [3.8, 4) is 0 Å². The van der Waals surface area contributed by atoms with Crippen LogP contribution in [-0.4, -0.2) is 41.2 Å². The zero-order valence-corrected chi connectivity index (χ0v) is 15.8. The molecule has 1 fully saturated rings. The van der Waals surface area contributed by atoms with E-state index >= 15 is 0 Å². The lowest BCUT2D eigenvalue weighted by Gasteiger charge is -2.23. The predicted molar refractivity (Wildman–Crippen MR) is 101 cm³/mol. The molecule has 27 heavy (non-hydrogen) atoms. The van der Waals surface area contributed by atoms with Crippen LogP contribution >= 0.6 is 0 Å². The van der Waals surface area contributed by atoms with E-state index in [9.17, 15) is 19.2 Å². The standard InChI is InChI=1S/C11H14N2O2.C8H14N2O2/c1-2-9(10(14)13-11(12)15)8-6-4-3-5-7-8;1-2-6(8(9)12)10-5-3-4-7(10)11/h3-7,9H,2H2,1H3,(H3,12,13,14,15);6H,2-5H2,1H3,(H2,9,12)/t;6-/m.0/s1. The van der Waals surface area contributed by atoms with E-state index in [-0.39, 0.29) is 23.8 Å². The summed E-state index contributed by atoms with van der Waals surface area (Å²) in [5.74, 6) is -1.01. The van der Waals surface area contributed by atoms with Crippen LogP contribution in [0.4, 0.5) is 4.79 Å². The fourth-order valence-corrected chi connectivity index (χ4v) is 3.04. The van der Waals surface area contributed by atoms with E-state index in [1.165, 1.54) is 0 Å². The number of carbonyl (C=O) groups excluding carboxylic acids is 4. The minimum absolute atomic E-state index is 0.0562. The van der Waals surface area contributed by atoms with E-state index in [4.69, 9.17) is 11.5 Å². The molecule has 0 radical (unpaired) electrons. The fraction of sp³-hybridized carbons (Fsp3) is 0.474. The van der Waals surface area contributed by atoms with E-state index in [2.05, 4.69) is 5.32 Å². The number of nitrogens with zero attached hydrogens (tertiary/aromatic N) is 1. The molecular weight excluding hydrogens is 348 g/mol. The van der Waals surface area contributed by atoms with Crippen LogP contribution in [0.5, 0.6) is 0 Å². The topological polar surface area (TPSA) is 136 Å². The second kappa shape index (κ2) is 10.9. The van der Waals surface area contributed by atoms with Gasteiger partial charge >= 0.3 is 6.03 Å². The summed E-state index contributed by atoms with van der Waals surface area (Å²) in [6.45, 7) is 4.43. The normalized spacial score (nSPS) is 15.3. The summed E-state index contributed by atoms with van der Waals surface area (Å²) < 4.78 is 0. The Morgan fingerprint density at radius 1 is 1.11 bits per heavy atom. The van der Waals surface area contributed by atoms with Crippen LogP contribution in [0.3, 0.4) is 0 Å². The lowest BCUT2D eigenvalue weighted by molar-refractivity contribution is -0.136. The van der Waals surface area contributed by atoms with Crippen LogP contribution < -0.4 is 16.8 Å². The largest absolute Gasteiger partial charge is 0.368 e. The number of likely N-dealkylation sites (tertiary alicyclic amines) is 1. The number of urea groups is 1. The molecular formula is C19H28N4O4. The van der Waals surface area contributed by atoms with E-state index in [0.717, 1.165) is 12.0 Å². The van der Waals surface area contributed by atoms with Crippen molar-refractivity contribution < 1.29 is 19.2 Å². The van der Waals surface area contributed by atoms with E-state index in [0.29, 0.717) is 25.8 Å². The second-order valence-electron chi connectivity index (χ2n) is 6.24. The first-order chi connectivity index (χ1) is 12.8. The average Bonchev–Trinajstić information content (AvgIpc) is 3.03. The Hall–Kier alpha value is -2.90. The number of nitrogens with two attached hydrogens (primary N) is 2. The maximum absolute atomic E-state index is 11.6.